The van der Waals surface area contributed by atoms with Gasteiger partial charge in [0.25, 0.3) is 0 Å². The highest BCUT2D eigenvalue weighted by atomic mass is 32.2. The lowest BCUT2D eigenvalue weighted by Crippen LogP contribution is -2.18. The van der Waals surface area contributed by atoms with Crippen molar-refractivity contribution in [2.75, 3.05) is 5.32 Å². The maximum absolute atomic E-state index is 12.2. The molecule has 1 atom stereocenters. The van der Waals surface area contributed by atoms with Gasteiger partial charge in [-0.25, -0.2) is 0 Å². The lowest BCUT2D eigenvalue weighted by Gasteiger charge is -2.18. The summed E-state index contributed by atoms with van der Waals surface area (Å²) in [5.74, 6) is 0. The highest BCUT2D eigenvalue weighted by Crippen LogP contribution is 2.37. The minimum Gasteiger partial charge on any atom is -0.382 e. The lowest BCUT2D eigenvalue weighted by atomic mass is 10.1. The molecule has 0 saturated carbocycles. The Labute approximate surface area is 117 Å². The van der Waals surface area contributed by atoms with Gasteiger partial charge in [-0.3, -0.25) is 0 Å². The number of nitrogens with one attached hydrogen (secondary N) is 1. The average Bonchev–Trinajstić information content (AvgIpc) is 2.34. The molecule has 1 N–H and O–H groups in total. The standard InChI is InChI=1S/C14H20F3NS/c1-3-5-6-11(4-2)18-12-7-9-13(10-8-12)19-14(15,16)17/h7-11,18H,3-6H2,1-2H3. The third kappa shape index (κ3) is 6.76. The largest absolute Gasteiger partial charge is 0.446 e. The van der Waals surface area contributed by atoms with Crippen molar-refractivity contribution in [1.82, 2.24) is 0 Å². The molecule has 1 rings (SSSR count). The highest BCUT2D eigenvalue weighted by Gasteiger charge is 2.28. The van der Waals surface area contributed by atoms with Crippen molar-refractivity contribution >= 4 is 17.4 Å². The first-order valence-electron chi connectivity index (χ1n) is 6.57. The Hall–Kier alpha value is -0.840. The zero-order valence-corrected chi connectivity index (χ0v) is 12.1. The molecule has 0 saturated heterocycles. The highest BCUT2D eigenvalue weighted by molar-refractivity contribution is 8.00. The molecule has 0 heterocycles. The topological polar surface area (TPSA) is 12.0 Å². The fourth-order valence-electron chi connectivity index (χ4n) is 1.82. The number of hydrogen-bond donors (Lipinski definition) is 1. The maximum Gasteiger partial charge on any atom is 0.446 e. The predicted octanol–water partition coefficient (Wildman–Crippen LogP) is 5.68. The van der Waals surface area contributed by atoms with Crippen LogP contribution < -0.4 is 5.32 Å². The number of anilines is 1. The van der Waals surface area contributed by atoms with E-state index in [4.69, 9.17) is 0 Å². The van der Waals surface area contributed by atoms with E-state index in [-0.39, 0.29) is 16.7 Å². The zero-order valence-electron chi connectivity index (χ0n) is 11.3. The fourth-order valence-corrected chi connectivity index (χ4v) is 2.36. The van der Waals surface area contributed by atoms with Gasteiger partial charge in [0.05, 0.1) is 0 Å². The van der Waals surface area contributed by atoms with Gasteiger partial charge in [0.1, 0.15) is 0 Å². The van der Waals surface area contributed by atoms with Crippen LogP contribution in [0.5, 0.6) is 0 Å². The van der Waals surface area contributed by atoms with Crippen molar-refractivity contribution in [2.45, 2.75) is 56.0 Å². The number of rotatable bonds is 7. The summed E-state index contributed by atoms with van der Waals surface area (Å²) in [6.07, 6.45) is 4.41. The Bertz CT molecular complexity index is 362. The molecule has 0 aliphatic rings. The summed E-state index contributed by atoms with van der Waals surface area (Å²) in [4.78, 5) is 0.222. The zero-order chi connectivity index (χ0) is 14.3. The van der Waals surface area contributed by atoms with E-state index in [9.17, 15) is 13.2 Å². The minimum absolute atomic E-state index is 0.0798. The van der Waals surface area contributed by atoms with E-state index in [1.807, 2.05) is 0 Å². The molecule has 1 aromatic rings. The molecule has 0 aromatic heterocycles. The van der Waals surface area contributed by atoms with Crippen molar-refractivity contribution in [3.05, 3.63) is 24.3 Å². The van der Waals surface area contributed by atoms with Crippen molar-refractivity contribution in [1.29, 1.82) is 0 Å². The molecule has 5 heteroatoms. The van der Waals surface area contributed by atoms with E-state index in [1.54, 1.807) is 12.1 Å². The molecule has 0 spiro atoms. The van der Waals surface area contributed by atoms with E-state index >= 15 is 0 Å². The first kappa shape index (κ1) is 16.2. The first-order valence-corrected chi connectivity index (χ1v) is 7.38. The van der Waals surface area contributed by atoms with Crippen LogP contribution in [-0.4, -0.2) is 11.6 Å². The third-order valence-corrected chi connectivity index (χ3v) is 3.60. The van der Waals surface area contributed by atoms with Crippen molar-refractivity contribution < 1.29 is 13.2 Å². The number of unbranched alkanes of at least 4 members (excludes halogenated alkanes) is 1. The van der Waals surface area contributed by atoms with Crippen LogP contribution in [0.25, 0.3) is 0 Å². The van der Waals surface area contributed by atoms with E-state index in [1.165, 1.54) is 12.1 Å². The van der Waals surface area contributed by atoms with E-state index in [0.29, 0.717) is 6.04 Å². The summed E-state index contributed by atoms with van der Waals surface area (Å²) in [5, 5.41) is 3.36. The number of hydrogen-bond acceptors (Lipinski definition) is 2. The van der Waals surface area contributed by atoms with Crippen molar-refractivity contribution in [3.63, 3.8) is 0 Å². The van der Waals surface area contributed by atoms with Crippen LogP contribution in [0.3, 0.4) is 0 Å². The Kier molecular flexibility index (Phi) is 6.55. The van der Waals surface area contributed by atoms with Gasteiger partial charge >= 0.3 is 5.51 Å². The molecule has 108 valence electrons. The fraction of sp³-hybridized carbons (Fsp3) is 0.571. The van der Waals surface area contributed by atoms with Gasteiger partial charge in [-0.2, -0.15) is 13.2 Å². The second-order valence-electron chi connectivity index (χ2n) is 4.46. The van der Waals surface area contributed by atoms with Crippen molar-refractivity contribution in [2.24, 2.45) is 0 Å². The number of alkyl halides is 3. The van der Waals surface area contributed by atoms with E-state index in [2.05, 4.69) is 19.2 Å². The monoisotopic (exact) mass is 291 g/mol. The van der Waals surface area contributed by atoms with Crippen molar-refractivity contribution in [3.8, 4) is 0 Å². The Morgan fingerprint density at radius 3 is 2.26 bits per heavy atom. The summed E-state index contributed by atoms with van der Waals surface area (Å²) < 4.78 is 36.6. The SMILES string of the molecule is CCCCC(CC)Nc1ccc(SC(F)(F)F)cc1. The number of thioether (sulfide) groups is 1. The van der Waals surface area contributed by atoms with Gasteiger partial charge in [-0.05, 0) is 48.9 Å². The Morgan fingerprint density at radius 1 is 1.16 bits per heavy atom. The lowest BCUT2D eigenvalue weighted by molar-refractivity contribution is -0.0328. The second kappa shape index (κ2) is 7.68. The summed E-state index contributed by atoms with van der Waals surface area (Å²) in [6, 6.07) is 6.83. The maximum atomic E-state index is 12.2. The van der Waals surface area contributed by atoms with E-state index in [0.717, 1.165) is 31.4 Å². The molecule has 1 unspecified atom stereocenters. The minimum atomic E-state index is -4.22. The number of halogens is 3. The predicted molar refractivity (Wildman–Crippen MR) is 75.6 cm³/mol. The van der Waals surface area contributed by atoms with Crippen LogP contribution in [0.15, 0.2) is 29.2 Å². The molecule has 1 nitrogen and oxygen atoms in total. The molecule has 1 aromatic carbocycles. The van der Waals surface area contributed by atoms with Gasteiger partial charge in [0.15, 0.2) is 0 Å². The Morgan fingerprint density at radius 2 is 1.79 bits per heavy atom. The van der Waals surface area contributed by atoms with Crippen LogP contribution in [-0.2, 0) is 0 Å². The van der Waals surface area contributed by atoms with Gasteiger partial charge < -0.3 is 5.32 Å². The van der Waals surface area contributed by atoms with Crippen LogP contribution in [0.4, 0.5) is 18.9 Å². The van der Waals surface area contributed by atoms with Gasteiger partial charge in [-0.1, -0.05) is 26.7 Å². The number of benzene rings is 1. The summed E-state index contributed by atoms with van der Waals surface area (Å²) >= 11 is -0.0798. The third-order valence-electron chi connectivity index (χ3n) is 2.86. The quantitative estimate of drug-likeness (QED) is 0.649. The van der Waals surface area contributed by atoms with Gasteiger partial charge in [-0.15, -0.1) is 0 Å². The summed E-state index contributed by atoms with van der Waals surface area (Å²) in [5.41, 5.74) is -3.34. The first-order chi connectivity index (χ1) is 8.94. The van der Waals surface area contributed by atoms with Crippen LogP contribution in [0.1, 0.15) is 39.5 Å². The van der Waals surface area contributed by atoms with Gasteiger partial charge in [0.2, 0.25) is 0 Å². The smallest absolute Gasteiger partial charge is 0.382 e. The molecule has 0 fully saturated rings. The molecular weight excluding hydrogens is 271 g/mol. The normalized spacial score (nSPS) is 13.3. The molecule has 0 aliphatic heterocycles. The van der Waals surface area contributed by atoms with Crippen LogP contribution in [0.2, 0.25) is 0 Å². The molecule has 0 radical (unpaired) electrons. The molecular formula is C14H20F3NS. The molecule has 0 aliphatic carbocycles. The second-order valence-corrected chi connectivity index (χ2v) is 5.60. The summed E-state index contributed by atoms with van der Waals surface area (Å²) in [6.45, 7) is 4.26. The van der Waals surface area contributed by atoms with E-state index < -0.39 is 5.51 Å². The van der Waals surface area contributed by atoms with Crippen LogP contribution >= 0.6 is 11.8 Å². The average molecular weight is 291 g/mol. The Balaban J connectivity index is 2.55. The van der Waals surface area contributed by atoms with Gasteiger partial charge in [0, 0.05) is 16.6 Å². The van der Waals surface area contributed by atoms with Crippen LogP contribution in [0, 0.1) is 0 Å². The molecule has 0 amide bonds. The molecule has 19 heavy (non-hydrogen) atoms. The summed E-state index contributed by atoms with van der Waals surface area (Å²) in [7, 11) is 0. The molecule has 0 bridgehead atoms.